The Bertz CT molecular complexity index is 456. The van der Waals surface area contributed by atoms with Gasteiger partial charge in [-0.05, 0) is 38.4 Å². The first kappa shape index (κ1) is 13.4. The summed E-state index contributed by atoms with van der Waals surface area (Å²) in [4.78, 5) is 15.0. The summed E-state index contributed by atoms with van der Waals surface area (Å²) in [7, 11) is 1.87. The van der Waals surface area contributed by atoms with Crippen LogP contribution in [0.3, 0.4) is 0 Å². The number of carbonyl (C=O) groups is 1. The third kappa shape index (κ3) is 2.24. The fourth-order valence-electron chi connectivity index (χ4n) is 2.26. The molecule has 0 bridgehead atoms. The van der Waals surface area contributed by atoms with Gasteiger partial charge in [0.15, 0.2) is 0 Å². The molecule has 1 aromatic rings. The Balaban J connectivity index is 2.24. The van der Waals surface area contributed by atoms with Crippen LogP contribution in [0, 0.1) is 13.8 Å². The fourth-order valence-corrected chi connectivity index (χ4v) is 3.50. The number of carbonyl (C=O) groups excluding carboxylic acids is 1. The van der Waals surface area contributed by atoms with Gasteiger partial charge in [0.25, 0.3) is 0 Å². The maximum Gasteiger partial charge on any atom is 0.415 e. The minimum absolute atomic E-state index is 0.0469. The lowest BCUT2D eigenvalue weighted by Crippen LogP contribution is -2.28. The number of likely N-dealkylation sites (N-methyl/N-ethyl adjacent to an activating group) is 1. The molecule has 5 heteroatoms. The highest BCUT2D eigenvalue weighted by atomic mass is 32.1. The minimum atomic E-state index is -0.220. The van der Waals surface area contributed by atoms with Crippen molar-refractivity contribution in [3.8, 4) is 0 Å². The second-order valence-corrected chi connectivity index (χ2v) is 5.69. The average molecular weight is 268 g/mol. The Hall–Kier alpha value is -1.07. The second-order valence-electron chi connectivity index (χ2n) is 4.61. The van der Waals surface area contributed by atoms with Gasteiger partial charge in [0, 0.05) is 11.4 Å². The van der Waals surface area contributed by atoms with Crippen LogP contribution in [0.5, 0.6) is 0 Å². The number of amides is 1. The van der Waals surface area contributed by atoms with Crippen LogP contribution in [-0.2, 0) is 11.2 Å². The SMILES string of the molecule is CCc1sc(N2CC(CNC)OC2=O)c(C)c1C. The zero-order chi connectivity index (χ0) is 13.3. The van der Waals surface area contributed by atoms with E-state index in [1.807, 2.05) is 7.05 Å². The van der Waals surface area contributed by atoms with Gasteiger partial charge in [-0.15, -0.1) is 11.3 Å². The van der Waals surface area contributed by atoms with Gasteiger partial charge in [-0.2, -0.15) is 0 Å². The smallest absolute Gasteiger partial charge is 0.415 e. The number of hydrogen-bond acceptors (Lipinski definition) is 4. The maximum absolute atomic E-state index is 11.9. The molecule has 2 heterocycles. The van der Waals surface area contributed by atoms with E-state index < -0.39 is 0 Å². The topological polar surface area (TPSA) is 41.6 Å². The Morgan fingerprint density at radius 2 is 2.17 bits per heavy atom. The van der Waals surface area contributed by atoms with Crippen LogP contribution in [0.25, 0.3) is 0 Å². The number of ether oxygens (including phenoxy) is 1. The van der Waals surface area contributed by atoms with Crippen LogP contribution in [-0.4, -0.2) is 32.3 Å². The molecule has 0 saturated carbocycles. The molecule has 2 rings (SSSR count). The van der Waals surface area contributed by atoms with Crippen molar-refractivity contribution in [2.24, 2.45) is 0 Å². The Morgan fingerprint density at radius 3 is 2.72 bits per heavy atom. The first-order valence-electron chi connectivity index (χ1n) is 6.30. The van der Waals surface area contributed by atoms with Gasteiger partial charge in [0.2, 0.25) is 0 Å². The second kappa shape index (κ2) is 5.28. The van der Waals surface area contributed by atoms with Gasteiger partial charge < -0.3 is 10.1 Å². The van der Waals surface area contributed by atoms with Crippen molar-refractivity contribution in [3.63, 3.8) is 0 Å². The molecule has 1 fully saturated rings. The van der Waals surface area contributed by atoms with E-state index in [0.717, 1.165) is 11.4 Å². The molecule has 1 amide bonds. The van der Waals surface area contributed by atoms with Crippen LogP contribution in [0.15, 0.2) is 0 Å². The van der Waals surface area contributed by atoms with Gasteiger partial charge in [0.1, 0.15) is 11.1 Å². The quantitative estimate of drug-likeness (QED) is 0.912. The summed E-state index contributed by atoms with van der Waals surface area (Å²) in [5, 5.41) is 4.09. The van der Waals surface area contributed by atoms with Gasteiger partial charge >= 0.3 is 6.09 Å². The van der Waals surface area contributed by atoms with Gasteiger partial charge in [0.05, 0.1) is 6.54 Å². The summed E-state index contributed by atoms with van der Waals surface area (Å²) >= 11 is 1.71. The van der Waals surface area contributed by atoms with Crippen molar-refractivity contribution >= 4 is 22.4 Å². The number of nitrogens with zero attached hydrogens (tertiary/aromatic N) is 1. The molecule has 1 unspecified atom stereocenters. The molecule has 0 aromatic carbocycles. The molecule has 1 aromatic heterocycles. The van der Waals surface area contributed by atoms with Gasteiger partial charge in [-0.1, -0.05) is 6.92 Å². The van der Waals surface area contributed by atoms with Crippen LogP contribution in [0.4, 0.5) is 9.80 Å². The molecule has 18 heavy (non-hydrogen) atoms. The van der Waals surface area contributed by atoms with Gasteiger partial charge in [-0.25, -0.2) is 4.79 Å². The monoisotopic (exact) mass is 268 g/mol. The third-order valence-corrected chi connectivity index (χ3v) is 4.95. The number of hydrogen-bond donors (Lipinski definition) is 1. The molecule has 0 aliphatic carbocycles. The summed E-state index contributed by atoms with van der Waals surface area (Å²) in [6, 6.07) is 0. The first-order chi connectivity index (χ1) is 8.58. The number of cyclic esters (lactones) is 1. The molecule has 1 aliphatic rings. The van der Waals surface area contributed by atoms with E-state index in [1.165, 1.54) is 16.0 Å². The van der Waals surface area contributed by atoms with Crippen molar-refractivity contribution in [2.45, 2.75) is 33.3 Å². The largest absolute Gasteiger partial charge is 0.443 e. The standard InChI is InChI=1S/C13H20N2O2S/c1-5-11-8(2)9(3)12(18-11)15-7-10(6-14-4)17-13(15)16/h10,14H,5-7H2,1-4H3. The van der Waals surface area contributed by atoms with Crippen molar-refractivity contribution in [3.05, 3.63) is 16.0 Å². The van der Waals surface area contributed by atoms with Crippen molar-refractivity contribution in [1.82, 2.24) is 5.32 Å². The van der Waals surface area contributed by atoms with E-state index in [9.17, 15) is 4.79 Å². The molecule has 1 N–H and O–H groups in total. The van der Waals surface area contributed by atoms with Crippen molar-refractivity contribution in [1.29, 1.82) is 0 Å². The molecule has 1 saturated heterocycles. The summed E-state index contributed by atoms with van der Waals surface area (Å²) in [6.07, 6.45) is 0.747. The van der Waals surface area contributed by atoms with E-state index >= 15 is 0 Å². The maximum atomic E-state index is 11.9. The first-order valence-corrected chi connectivity index (χ1v) is 7.11. The van der Waals surface area contributed by atoms with Crippen molar-refractivity contribution < 1.29 is 9.53 Å². The molecular weight excluding hydrogens is 248 g/mol. The highest BCUT2D eigenvalue weighted by Gasteiger charge is 2.34. The Labute approximate surface area is 112 Å². The third-order valence-electron chi connectivity index (χ3n) is 3.39. The lowest BCUT2D eigenvalue weighted by atomic mass is 10.1. The lowest BCUT2D eigenvalue weighted by Gasteiger charge is -2.11. The molecule has 1 aliphatic heterocycles. The summed E-state index contributed by atoms with van der Waals surface area (Å²) in [5.74, 6) is 0. The highest BCUT2D eigenvalue weighted by Crippen LogP contribution is 2.37. The van der Waals surface area contributed by atoms with E-state index in [4.69, 9.17) is 4.74 Å². The molecule has 4 nitrogen and oxygen atoms in total. The summed E-state index contributed by atoms with van der Waals surface area (Å²) < 4.78 is 5.34. The van der Waals surface area contributed by atoms with Gasteiger partial charge in [-0.3, -0.25) is 4.90 Å². The van der Waals surface area contributed by atoms with E-state index in [2.05, 4.69) is 26.1 Å². The normalized spacial score (nSPS) is 19.4. The molecule has 0 radical (unpaired) electrons. The molecular formula is C13H20N2O2S. The fraction of sp³-hybridized carbons (Fsp3) is 0.615. The van der Waals surface area contributed by atoms with Crippen LogP contribution in [0.1, 0.15) is 22.9 Å². The van der Waals surface area contributed by atoms with Crippen LogP contribution >= 0.6 is 11.3 Å². The Kier molecular flexibility index (Phi) is 3.92. The minimum Gasteiger partial charge on any atom is -0.443 e. The number of nitrogens with one attached hydrogen (secondary N) is 1. The van der Waals surface area contributed by atoms with Crippen LogP contribution in [0.2, 0.25) is 0 Å². The molecule has 100 valence electrons. The summed E-state index contributed by atoms with van der Waals surface area (Å²) in [6.45, 7) is 7.70. The number of thiophene rings is 1. The van der Waals surface area contributed by atoms with E-state index in [-0.39, 0.29) is 12.2 Å². The zero-order valence-corrected chi connectivity index (χ0v) is 12.2. The number of anilines is 1. The molecule has 1 atom stereocenters. The molecule has 0 spiro atoms. The highest BCUT2D eigenvalue weighted by molar-refractivity contribution is 7.16. The van der Waals surface area contributed by atoms with E-state index in [0.29, 0.717) is 13.1 Å². The van der Waals surface area contributed by atoms with E-state index in [1.54, 1.807) is 16.2 Å². The van der Waals surface area contributed by atoms with Crippen LogP contribution < -0.4 is 10.2 Å². The lowest BCUT2D eigenvalue weighted by molar-refractivity contribution is 0.141. The number of rotatable bonds is 4. The average Bonchev–Trinajstić information content (AvgIpc) is 2.83. The zero-order valence-electron chi connectivity index (χ0n) is 11.4. The predicted octanol–water partition coefficient (Wildman–Crippen LogP) is 2.47. The Morgan fingerprint density at radius 1 is 1.44 bits per heavy atom. The predicted molar refractivity (Wildman–Crippen MR) is 74.7 cm³/mol. The van der Waals surface area contributed by atoms with Crippen molar-refractivity contribution in [2.75, 3.05) is 25.0 Å². The summed E-state index contributed by atoms with van der Waals surface area (Å²) in [5.41, 5.74) is 2.52. The number of aryl methyl sites for hydroxylation is 1.